The molecule has 1 N–H and O–H groups in total. The van der Waals surface area contributed by atoms with Crippen LogP contribution >= 0.6 is 0 Å². The van der Waals surface area contributed by atoms with Gasteiger partial charge in [0.2, 0.25) is 0 Å². The van der Waals surface area contributed by atoms with Gasteiger partial charge < -0.3 is 5.32 Å². The van der Waals surface area contributed by atoms with Gasteiger partial charge in [-0.3, -0.25) is 0 Å². The summed E-state index contributed by atoms with van der Waals surface area (Å²) in [6, 6.07) is 18.1. The summed E-state index contributed by atoms with van der Waals surface area (Å²) in [6.45, 7) is 4.75. The SMILES string of the molecule is CC1(C)c2ccccc2C2Nc3ccccc3C21. The van der Waals surface area contributed by atoms with Crippen LogP contribution in [-0.2, 0) is 5.41 Å². The number of para-hydroxylation sites is 1. The van der Waals surface area contributed by atoms with E-state index in [-0.39, 0.29) is 5.41 Å². The van der Waals surface area contributed by atoms with Crippen molar-refractivity contribution in [1.29, 1.82) is 0 Å². The molecule has 1 nitrogen and oxygen atoms in total. The molecule has 2 aromatic rings. The predicted molar refractivity (Wildman–Crippen MR) is 75.0 cm³/mol. The van der Waals surface area contributed by atoms with Gasteiger partial charge >= 0.3 is 0 Å². The lowest BCUT2D eigenvalue weighted by Gasteiger charge is -2.27. The molecule has 0 spiro atoms. The first kappa shape index (κ1) is 10.2. The Bertz CT molecular complexity index is 627. The molecule has 2 aliphatic rings. The van der Waals surface area contributed by atoms with Gasteiger partial charge in [-0.2, -0.15) is 0 Å². The minimum absolute atomic E-state index is 0.209. The van der Waals surface area contributed by atoms with Crippen molar-refractivity contribution in [2.45, 2.75) is 31.2 Å². The molecule has 1 aliphatic heterocycles. The zero-order valence-corrected chi connectivity index (χ0v) is 10.8. The molecule has 1 aliphatic carbocycles. The summed E-state index contributed by atoms with van der Waals surface area (Å²) < 4.78 is 0. The van der Waals surface area contributed by atoms with E-state index >= 15 is 0 Å². The van der Waals surface area contributed by atoms with Crippen LogP contribution in [0.1, 0.15) is 42.5 Å². The van der Waals surface area contributed by atoms with Crippen LogP contribution in [0.15, 0.2) is 48.5 Å². The fourth-order valence-electron chi connectivity index (χ4n) is 3.92. The van der Waals surface area contributed by atoms with Gasteiger partial charge in [-0.1, -0.05) is 56.3 Å². The van der Waals surface area contributed by atoms with Crippen molar-refractivity contribution in [2.75, 3.05) is 5.32 Å². The normalized spacial score (nSPS) is 26.1. The quantitative estimate of drug-likeness (QED) is 0.720. The zero-order valence-electron chi connectivity index (χ0n) is 10.8. The van der Waals surface area contributed by atoms with Gasteiger partial charge in [0.05, 0.1) is 6.04 Å². The van der Waals surface area contributed by atoms with Crippen LogP contribution in [0.25, 0.3) is 0 Å². The molecule has 0 fully saturated rings. The van der Waals surface area contributed by atoms with Crippen LogP contribution in [0.2, 0.25) is 0 Å². The Morgan fingerprint density at radius 1 is 0.889 bits per heavy atom. The topological polar surface area (TPSA) is 12.0 Å². The molecule has 0 saturated heterocycles. The molecule has 0 aromatic heterocycles. The molecular formula is C17H17N. The van der Waals surface area contributed by atoms with Gasteiger partial charge in [-0.05, 0) is 28.2 Å². The molecule has 90 valence electrons. The van der Waals surface area contributed by atoms with Gasteiger partial charge in [-0.15, -0.1) is 0 Å². The third-order valence-corrected chi connectivity index (χ3v) is 4.71. The maximum Gasteiger partial charge on any atom is 0.0594 e. The van der Waals surface area contributed by atoms with E-state index in [1.807, 2.05) is 0 Å². The first-order valence-electron chi connectivity index (χ1n) is 6.64. The number of hydrogen-bond donors (Lipinski definition) is 1. The van der Waals surface area contributed by atoms with E-state index in [0.29, 0.717) is 12.0 Å². The first-order valence-corrected chi connectivity index (χ1v) is 6.64. The average Bonchev–Trinajstić information content (AvgIpc) is 2.86. The number of anilines is 1. The number of benzene rings is 2. The van der Waals surface area contributed by atoms with Crippen molar-refractivity contribution >= 4 is 5.69 Å². The largest absolute Gasteiger partial charge is 0.377 e. The summed E-state index contributed by atoms with van der Waals surface area (Å²) in [5.41, 5.74) is 5.98. The highest BCUT2D eigenvalue weighted by molar-refractivity contribution is 5.66. The van der Waals surface area contributed by atoms with Crippen molar-refractivity contribution in [3.63, 3.8) is 0 Å². The third kappa shape index (κ3) is 1.07. The highest BCUT2D eigenvalue weighted by Gasteiger charge is 2.50. The Labute approximate surface area is 108 Å². The smallest absolute Gasteiger partial charge is 0.0594 e. The molecule has 2 aromatic carbocycles. The van der Waals surface area contributed by atoms with E-state index in [1.54, 1.807) is 0 Å². The van der Waals surface area contributed by atoms with Crippen LogP contribution in [0, 0.1) is 0 Å². The summed E-state index contributed by atoms with van der Waals surface area (Å²) in [7, 11) is 0. The summed E-state index contributed by atoms with van der Waals surface area (Å²) >= 11 is 0. The molecule has 0 saturated carbocycles. The van der Waals surface area contributed by atoms with E-state index in [1.165, 1.54) is 22.4 Å². The lowest BCUT2D eigenvalue weighted by molar-refractivity contribution is 0.431. The summed E-state index contributed by atoms with van der Waals surface area (Å²) in [5, 5.41) is 3.71. The van der Waals surface area contributed by atoms with Crippen molar-refractivity contribution in [3.8, 4) is 0 Å². The van der Waals surface area contributed by atoms with Crippen molar-refractivity contribution < 1.29 is 0 Å². The fourth-order valence-corrected chi connectivity index (χ4v) is 3.92. The number of rotatable bonds is 0. The monoisotopic (exact) mass is 235 g/mol. The second-order valence-corrected chi connectivity index (χ2v) is 6.00. The summed E-state index contributed by atoms with van der Waals surface area (Å²) in [6.07, 6.45) is 0. The average molecular weight is 235 g/mol. The molecule has 0 bridgehead atoms. The Morgan fingerprint density at radius 2 is 1.56 bits per heavy atom. The van der Waals surface area contributed by atoms with Crippen LogP contribution in [0.3, 0.4) is 0 Å². The van der Waals surface area contributed by atoms with Gasteiger partial charge in [0.25, 0.3) is 0 Å². The fraction of sp³-hybridized carbons (Fsp3) is 0.294. The Hall–Kier alpha value is -1.76. The molecule has 2 unspecified atom stereocenters. The van der Waals surface area contributed by atoms with E-state index in [2.05, 4.69) is 67.7 Å². The second kappa shape index (κ2) is 3.17. The zero-order chi connectivity index (χ0) is 12.3. The van der Waals surface area contributed by atoms with Gasteiger partial charge in [-0.25, -0.2) is 0 Å². The number of hydrogen-bond acceptors (Lipinski definition) is 1. The Balaban J connectivity index is 1.97. The minimum atomic E-state index is 0.209. The van der Waals surface area contributed by atoms with Crippen LogP contribution in [0.4, 0.5) is 5.69 Å². The Kier molecular flexibility index (Phi) is 1.79. The number of nitrogens with one attached hydrogen (secondary N) is 1. The highest BCUT2D eigenvalue weighted by atomic mass is 15.0. The molecule has 2 atom stereocenters. The molecule has 0 amide bonds. The lowest BCUT2D eigenvalue weighted by atomic mass is 9.75. The molecule has 1 heterocycles. The molecule has 0 radical (unpaired) electrons. The van der Waals surface area contributed by atoms with Crippen LogP contribution < -0.4 is 5.32 Å². The van der Waals surface area contributed by atoms with Crippen LogP contribution in [0.5, 0.6) is 0 Å². The van der Waals surface area contributed by atoms with Gasteiger partial charge in [0, 0.05) is 11.6 Å². The van der Waals surface area contributed by atoms with E-state index < -0.39 is 0 Å². The molecule has 4 rings (SSSR count). The summed E-state index contributed by atoms with van der Waals surface area (Å²) in [5.74, 6) is 0.561. The molecule has 1 heteroatoms. The molecule has 18 heavy (non-hydrogen) atoms. The maximum absolute atomic E-state index is 3.71. The number of fused-ring (bicyclic) bond motifs is 5. The minimum Gasteiger partial charge on any atom is -0.377 e. The maximum atomic E-state index is 3.71. The van der Waals surface area contributed by atoms with Crippen molar-refractivity contribution in [3.05, 3.63) is 65.2 Å². The Morgan fingerprint density at radius 3 is 2.39 bits per heavy atom. The third-order valence-electron chi connectivity index (χ3n) is 4.71. The van der Waals surface area contributed by atoms with Gasteiger partial charge in [0.15, 0.2) is 0 Å². The van der Waals surface area contributed by atoms with Crippen molar-refractivity contribution in [1.82, 2.24) is 0 Å². The predicted octanol–water partition coefficient (Wildman–Crippen LogP) is 4.23. The lowest BCUT2D eigenvalue weighted by Crippen LogP contribution is -2.22. The standard InChI is InChI=1S/C17H17N/c1-17(2)13-9-5-3-7-11(13)16-15(17)12-8-4-6-10-14(12)18-16/h3-10,15-16,18H,1-2H3. The summed E-state index contributed by atoms with van der Waals surface area (Å²) in [4.78, 5) is 0. The van der Waals surface area contributed by atoms with Gasteiger partial charge in [0.1, 0.15) is 0 Å². The van der Waals surface area contributed by atoms with E-state index in [9.17, 15) is 0 Å². The highest BCUT2D eigenvalue weighted by Crippen LogP contribution is 2.60. The van der Waals surface area contributed by atoms with E-state index in [0.717, 1.165) is 0 Å². The van der Waals surface area contributed by atoms with E-state index in [4.69, 9.17) is 0 Å². The van der Waals surface area contributed by atoms with Crippen LogP contribution in [-0.4, -0.2) is 0 Å². The molecular weight excluding hydrogens is 218 g/mol. The van der Waals surface area contributed by atoms with Crippen molar-refractivity contribution in [2.24, 2.45) is 0 Å². The first-order chi connectivity index (χ1) is 8.69. The second-order valence-electron chi connectivity index (χ2n) is 6.00.